The van der Waals surface area contributed by atoms with Crippen LogP contribution in [0.15, 0.2) is 54.6 Å². The number of nitrogens with zero attached hydrogens (tertiary/aromatic N) is 3. The van der Waals surface area contributed by atoms with Gasteiger partial charge in [-0.25, -0.2) is 9.78 Å². The molecule has 2 N–H and O–H groups in total. The molecule has 2 aromatic heterocycles. The number of aryl methyl sites for hydroxylation is 1. The molecule has 0 aliphatic rings. The van der Waals surface area contributed by atoms with Crippen LogP contribution in [0.5, 0.6) is 17.5 Å². The molecule has 0 atom stereocenters. The Morgan fingerprint density at radius 1 is 1.03 bits per heavy atom. The Balaban J connectivity index is 1.45. The zero-order chi connectivity index (χ0) is 21.1. The second kappa shape index (κ2) is 8.28. The summed E-state index contributed by atoms with van der Waals surface area (Å²) in [5, 5.41) is 19.0. The quantitative estimate of drug-likeness (QED) is 0.277. The van der Waals surface area contributed by atoms with Crippen molar-refractivity contribution >= 4 is 28.0 Å². The molecule has 2 aromatic carbocycles. The summed E-state index contributed by atoms with van der Waals surface area (Å²) in [4.78, 5) is 21.6. The van der Waals surface area contributed by atoms with Gasteiger partial charge in [0.15, 0.2) is 11.3 Å². The van der Waals surface area contributed by atoms with Crippen molar-refractivity contribution in [3.05, 3.63) is 54.6 Å². The molecule has 0 radical (unpaired) electrons. The fourth-order valence-electron chi connectivity index (χ4n) is 3.38. The third-order valence-corrected chi connectivity index (χ3v) is 4.76. The van der Waals surface area contributed by atoms with Gasteiger partial charge in [0.05, 0.1) is 13.0 Å². The summed E-state index contributed by atoms with van der Waals surface area (Å²) in [6.45, 7) is 3.18. The van der Waals surface area contributed by atoms with E-state index in [1.54, 1.807) is 0 Å². The third-order valence-electron chi connectivity index (χ3n) is 4.76. The zero-order valence-electron chi connectivity index (χ0n) is 16.5. The molecule has 30 heavy (non-hydrogen) atoms. The number of para-hydroxylation sites is 3. The van der Waals surface area contributed by atoms with E-state index in [0.29, 0.717) is 23.5 Å². The van der Waals surface area contributed by atoms with Crippen molar-refractivity contribution in [1.29, 1.82) is 0 Å². The molecular weight excluding hydrogens is 386 g/mol. The fourth-order valence-corrected chi connectivity index (χ4v) is 3.38. The number of hydrogen-bond donors (Lipinski definition) is 2. The van der Waals surface area contributed by atoms with Crippen molar-refractivity contribution < 1.29 is 29.1 Å². The minimum absolute atomic E-state index is 0.0626. The number of carbonyl (C=O) groups excluding carboxylic acids is 1. The first-order valence-electron chi connectivity index (χ1n) is 9.73. The Morgan fingerprint density at radius 3 is 2.53 bits per heavy atom. The van der Waals surface area contributed by atoms with E-state index in [1.165, 1.54) is 12.1 Å². The van der Waals surface area contributed by atoms with Gasteiger partial charge in [0.2, 0.25) is 22.8 Å². The summed E-state index contributed by atoms with van der Waals surface area (Å²) < 4.78 is 8.78. The van der Waals surface area contributed by atoms with E-state index >= 15 is 0 Å². The third kappa shape index (κ3) is 3.71. The van der Waals surface area contributed by atoms with Gasteiger partial charge in [-0.2, -0.15) is 4.57 Å². The van der Waals surface area contributed by atoms with Crippen LogP contribution in [0.4, 0.5) is 0 Å². The molecule has 8 nitrogen and oxygen atoms in total. The van der Waals surface area contributed by atoms with E-state index in [2.05, 4.69) is 11.5 Å². The Labute approximate surface area is 172 Å². The summed E-state index contributed by atoms with van der Waals surface area (Å²) in [5.41, 5.74) is 3.69. The predicted octanol–water partition coefficient (Wildman–Crippen LogP) is 2.72. The van der Waals surface area contributed by atoms with Crippen LogP contribution in [-0.2, 0) is 11.3 Å². The van der Waals surface area contributed by atoms with E-state index in [1.807, 2.05) is 42.5 Å². The minimum Gasteiger partial charge on any atom is -0.492 e. The summed E-state index contributed by atoms with van der Waals surface area (Å²) in [6.07, 6.45) is 0.465. The van der Waals surface area contributed by atoms with E-state index < -0.39 is 5.97 Å². The van der Waals surface area contributed by atoms with Crippen molar-refractivity contribution in [2.24, 2.45) is 0 Å². The lowest BCUT2D eigenvalue weighted by Gasteiger charge is -2.10. The normalized spacial score (nSPS) is 11.1. The van der Waals surface area contributed by atoms with E-state index in [0.717, 1.165) is 28.6 Å². The van der Waals surface area contributed by atoms with Gasteiger partial charge in [-0.05, 0) is 25.5 Å². The highest BCUT2D eigenvalue weighted by Crippen LogP contribution is 2.24. The Morgan fingerprint density at radius 2 is 1.77 bits per heavy atom. The number of benzene rings is 2. The Hall–Kier alpha value is -3.81. The Kier molecular flexibility index (Phi) is 5.38. The average Bonchev–Trinajstić information content (AvgIpc) is 3.07. The van der Waals surface area contributed by atoms with Crippen molar-refractivity contribution in [1.82, 2.24) is 9.71 Å². The van der Waals surface area contributed by atoms with E-state index in [4.69, 9.17) is 14.6 Å². The van der Waals surface area contributed by atoms with Crippen LogP contribution < -0.4 is 14.1 Å². The number of rotatable bonds is 7. The second-order valence-corrected chi connectivity index (χ2v) is 6.73. The maximum Gasteiger partial charge on any atom is 0.333 e. The van der Waals surface area contributed by atoms with Crippen molar-refractivity contribution in [2.45, 2.75) is 26.3 Å². The SMILES string of the molecule is CC[n+]1c2ccccc2nc2c(OCCCC(=O)On3c(O)ccc3O)cccc21. The molecule has 0 spiro atoms. The molecule has 0 saturated heterocycles. The maximum atomic E-state index is 11.9. The molecule has 8 heteroatoms. The molecular formula is C22H22N3O5+. The lowest BCUT2D eigenvalue weighted by molar-refractivity contribution is -0.641. The summed E-state index contributed by atoms with van der Waals surface area (Å²) >= 11 is 0. The van der Waals surface area contributed by atoms with Crippen LogP contribution in [0.1, 0.15) is 19.8 Å². The number of carbonyl (C=O) groups is 1. The monoisotopic (exact) mass is 408 g/mol. The van der Waals surface area contributed by atoms with Crippen molar-refractivity contribution in [3.63, 3.8) is 0 Å². The largest absolute Gasteiger partial charge is 0.492 e. The number of hydrogen-bond acceptors (Lipinski definition) is 6. The van der Waals surface area contributed by atoms with Gasteiger partial charge < -0.3 is 19.8 Å². The van der Waals surface area contributed by atoms with Gasteiger partial charge in [-0.1, -0.05) is 18.2 Å². The lowest BCUT2D eigenvalue weighted by Crippen LogP contribution is -2.34. The Bertz CT molecular complexity index is 1200. The fraction of sp³-hybridized carbons (Fsp3) is 0.227. The first-order valence-corrected chi connectivity index (χ1v) is 9.73. The highest BCUT2D eigenvalue weighted by atomic mass is 16.7. The van der Waals surface area contributed by atoms with E-state index in [9.17, 15) is 15.0 Å². The molecule has 0 aliphatic heterocycles. The molecule has 0 bridgehead atoms. The zero-order valence-corrected chi connectivity index (χ0v) is 16.5. The number of aromatic hydroxyl groups is 2. The molecule has 0 aliphatic carbocycles. The van der Waals surface area contributed by atoms with Crippen molar-refractivity contribution in [2.75, 3.05) is 6.61 Å². The summed E-state index contributed by atoms with van der Waals surface area (Å²) in [7, 11) is 0. The number of fused-ring (bicyclic) bond motifs is 2. The first-order chi connectivity index (χ1) is 14.6. The molecule has 0 unspecified atom stereocenters. The van der Waals surface area contributed by atoms with Crippen LogP contribution in [0.3, 0.4) is 0 Å². The van der Waals surface area contributed by atoms with Gasteiger partial charge in [0.1, 0.15) is 12.1 Å². The number of ether oxygens (including phenoxy) is 1. The highest BCUT2D eigenvalue weighted by Gasteiger charge is 2.18. The van der Waals surface area contributed by atoms with Gasteiger partial charge in [-0.3, -0.25) is 0 Å². The average molecular weight is 408 g/mol. The number of aromatic nitrogens is 3. The smallest absolute Gasteiger partial charge is 0.333 e. The lowest BCUT2D eigenvalue weighted by atomic mass is 10.2. The van der Waals surface area contributed by atoms with Gasteiger partial charge in [-0.15, -0.1) is 4.73 Å². The van der Waals surface area contributed by atoms with Crippen molar-refractivity contribution in [3.8, 4) is 17.5 Å². The van der Waals surface area contributed by atoms with Crippen LogP contribution in [0, 0.1) is 0 Å². The summed E-state index contributed by atoms with van der Waals surface area (Å²) in [6, 6.07) is 16.2. The molecule has 4 rings (SSSR count). The highest BCUT2D eigenvalue weighted by molar-refractivity contribution is 5.85. The molecule has 0 amide bonds. The molecule has 0 saturated carbocycles. The van der Waals surface area contributed by atoms with Crippen LogP contribution in [0.2, 0.25) is 0 Å². The molecule has 4 aromatic rings. The molecule has 0 fully saturated rings. The summed E-state index contributed by atoms with van der Waals surface area (Å²) in [5.74, 6) is -0.647. The molecule has 2 heterocycles. The van der Waals surface area contributed by atoms with Gasteiger partial charge in [0.25, 0.3) is 0 Å². The standard InChI is InChI=1S/C22H21N3O5/c1-2-24-16-8-4-3-7-15(16)23-22-17(24)9-5-10-18(22)29-14-6-11-21(28)30-25-19(26)12-13-20(25)27/h3-5,7-10,12-13,23H,2,6,11,14H2,1H3/p+1. The first kappa shape index (κ1) is 19.5. The predicted molar refractivity (Wildman–Crippen MR) is 109 cm³/mol. The topological polar surface area (TPSA) is 97.7 Å². The van der Waals surface area contributed by atoms with Crippen LogP contribution >= 0.6 is 0 Å². The maximum absolute atomic E-state index is 11.9. The van der Waals surface area contributed by atoms with Crippen LogP contribution in [-0.4, -0.2) is 32.5 Å². The minimum atomic E-state index is -0.591. The van der Waals surface area contributed by atoms with E-state index in [-0.39, 0.29) is 18.2 Å². The van der Waals surface area contributed by atoms with Crippen LogP contribution in [0.25, 0.3) is 22.1 Å². The van der Waals surface area contributed by atoms with Gasteiger partial charge >= 0.3 is 5.97 Å². The second-order valence-electron chi connectivity index (χ2n) is 6.73. The van der Waals surface area contributed by atoms with Gasteiger partial charge in [0, 0.05) is 24.3 Å². The molecule has 154 valence electrons.